The van der Waals surface area contributed by atoms with E-state index in [0.717, 1.165) is 0 Å². The molecule has 146 valence electrons. The summed E-state index contributed by atoms with van der Waals surface area (Å²) in [7, 11) is -3.51. The van der Waals surface area contributed by atoms with Crippen molar-refractivity contribution in [1.82, 2.24) is 9.97 Å². The van der Waals surface area contributed by atoms with E-state index in [9.17, 15) is 9.36 Å². The highest BCUT2D eigenvalue weighted by Gasteiger charge is 2.36. The molecule has 4 rings (SSSR count). The fourth-order valence-electron chi connectivity index (χ4n) is 3.22. The molecule has 2 aromatic heterocycles. The third-order valence-electron chi connectivity index (χ3n) is 4.68. The Kier molecular flexibility index (Phi) is 5.78. The highest BCUT2D eigenvalue weighted by Crippen LogP contribution is 2.55. The first-order valence-corrected chi connectivity index (χ1v) is 11.2. The fourth-order valence-corrected chi connectivity index (χ4v) is 5.81. The van der Waals surface area contributed by atoms with Gasteiger partial charge in [0, 0.05) is 23.3 Å². The molecule has 0 spiro atoms. The Labute approximate surface area is 175 Å². The van der Waals surface area contributed by atoms with Crippen LogP contribution in [-0.4, -0.2) is 15.8 Å². The second kappa shape index (κ2) is 8.81. The van der Waals surface area contributed by atoms with Crippen LogP contribution in [0.4, 0.5) is 0 Å². The predicted octanol–water partition coefficient (Wildman–Crippen LogP) is 4.71. The Morgan fingerprint density at radius 3 is 1.57 bits per heavy atom. The Morgan fingerprint density at radius 2 is 1.10 bits per heavy atom. The van der Waals surface area contributed by atoms with Gasteiger partial charge in [-0.1, -0.05) is 72.8 Å². The van der Waals surface area contributed by atoms with Crippen molar-refractivity contribution in [1.29, 1.82) is 0 Å². The number of hydrogen-bond donors (Lipinski definition) is 0. The van der Waals surface area contributed by atoms with Crippen molar-refractivity contribution in [3.8, 4) is 0 Å². The van der Waals surface area contributed by atoms with E-state index in [1.165, 1.54) is 6.08 Å². The Bertz CT molecular complexity index is 1170. The molecule has 0 atom stereocenters. The van der Waals surface area contributed by atoms with Crippen LogP contribution in [0.2, 0.25) is 0 Å². The van der Waals surface area contributed by atoms with Gasteiger partial charge in [-0.2, -0.15) is 0 Å². The molecule has 0 aliphatic heterocycles. The number of nitrogens with zero attached hydrogens (tertiary/aromatic N) is 2. The lowest BCUT2D eigenvalue weighted by Gasteiger charge is -2.21. The van der Waals surface area contributed by atoms with Crippen LogP contribution >= 0.6 is 7.14 Å². The first-order valence-electron chi connectivity index (χ1n) is 9.50. The molecule has 0 aliphatic rings. The summed E-state index contributed by atoms with van der Waals surface area (Å²) in [6.07, 6.45) is 4.67. The number of allylic oxidation sites excluding steroid dienone is 1. The molecule has 0 radical (unpaired) electrons. The predicted molar refractivity (Wildman–Crippen MR) is 121 cm³/mol. The van der Waals surface area contributed by atoms with Gasteiger partial charge < -0.3 is 4.57 Å². The average molecular weight is 410 g/mol. The minimum atomic E-state index is -3.51. The molecule has 0 N–H and O–H groups in total. The monoisotopic (exact) mass is 410 g/mol. The highest BCUT2D eigenvalue weighted by molar-refractivity contribution is 7.87. The third kappa shape index (κ3) is 3.91. The number of carbonyl (C=O) groups is 1. The molecule has 30 heavy (non-hydrogen) atoms. The quantitative estimate of drug-likeness (QED) is 0.262. The molecule has 2 aromatic carbocycles. The van der Waals surface area contributed by atoms with Crippen molar-refractivity contribution in [2.75, 3.05) is 0 Å². The molecule has 5 heteroatoms. The van der Waals surface area contributed by atoms with Gasteiger partial charge in [-0.3, -0.25) is 14.8 Å². The van der Waals surface area contributed by atoms with Crippen LogP contribution in [0.15, 0.2) is 116 Å². The SMILES string of the molecule is O=C(/C=C(\c1ccccc1)P(=O)(c1ccccn1)c1ccccn1)c1ccccc1. The molecule has 2 heterocycles. The first kappa shape index (κ1) is 19.7. The zero-order chi connectivity index (χ0) is 20.8. The molecule has 0 saturated heterocycles. The number of hydrogen-bond acceptors (Lipinski definition) is 4. The standard InChI is InChI=1S/C25H19N2O2P/c28-22(20-11-3-1-4-12-20)19-23(21-13-5-2-6-14-21)30(29,24-15-7-9-17-26-24)25-16-8-10-18-27-25/h1-19H/b23-19+. The fraction of sp³-hybridized carbons (Fsp3) is 0. The summed E-state index contributed by atoms with van der Waals surface area (Å²) in [5.74, 6) is -0.221. The van der Waals surface area contributed by atoms with Crippen LogP contribution in [0.3, 0.4) is 0 Å². The molecule has 4 aromatic rings. The van der Waals surface area contributed by atoms with E-state index < -0.39 is 7.14 Å². The lowest BCUT2D eigenvalue weighted by atomic mass is 10.1. The van der Waals surface area contributed by atoms with E-state index in [0.29, 0.717) is 27.3 Å². The number of aromatic nitrogens is 2. The van der Waals surface area contributed by atoms with Crippen LogP contribution in [0.5, 0.6) is 0 Å². The maximum absolute atomic E-state index is 14.7. The second-order valence-electron chi connectivity index (χ2n) is 6.61. The number of ketones is 1. The van der Waals surface area contributed by atoms with E-state index in [1.54, 1.807) is 73.1 Å². The zero-order valence-corrected chi connectivity index (χ0v) is 17.0. The van der Waals surface area contributed by atoms with Crippen LogP contribution in [-0.2, 0) is 4.57 Å². The van der Waals surface area contributed by atoms with E-state index in [2.05, 4.69) is 9.97 Å². The summed E-state index contributed by atoms with van der Waals surface area (Å²) >= 11 is 0. The maximum atomic E-state index is 14.7. The molecule has 0 aliphatic carbocycles. The molecule has 0 bridgehead atoms. The molecular weight excluding hydrogens is 391 g/mol. The molecule has 0 amide bonds. The van der Waals surface area contributed by atoms with Gasteiger partial charge in [-0.05, 0) is 35.9 Å². The van der Waals surface area contributed by atoms with E-state index in [4.69, 9.17) is 0 Å². The third-order valence-corrected chi connectivity index (χ3v) is 7.56. The summed E-state index contributed by atoms with van der Waals surface area (Å²) in [6, 6.07) is 28.8. The minimum Gasteiger partial charge on any atom is -0.305 e. The summed E-state index contributed by atoms with van der Waals surface area (Å²) in [5, 5.41) is 0.411. The Hall–Kier alpha value is -3.62. The van der Waals surface area contributed by atoms with Gasteiger partial charge in [0.1, 0.15) is 10.9 Å². The van der Waals surface area contributed by atoms with Gasteiger partial charge in [0.25, 0.3) is 0 Å². The van der Waals surface area contributed by atoms with Crippen molar-refractivity contribution in [2.24, 2.45) is 0 Å². The van der Waals surface area contributed by atoms with Crippen LogP contribution in [0.25, 0.3) is 5.31 Å². The number of carbonyl (C=O) groups excluding carboxylic acids is 1. The Balaban J connectivity index is 1.99. The van der Waals surface area contributed by atoms with Crippen molar-refractivity contribution < 1.29 is 9.36 Å². The van der Waals surface area contributed by atoms with Gasteiger partial charge >= 0.3 is 0 Å². The molecule has 0 unspecified atom stereocenters. The number of rotatable bonds is 6. The topological polar surface area (TPSA) is 59.9 Å². The van der Waals surface area contributed by atoms with Gasteiger partial charge in [-0.15, -0.1) is 0 Å². The van der Waals surface area contributed by atoms with Gasteiger partial charge in [-0.25, -0.2) is 0 Å². The molecular formula is C25H19N2O2P. The maximum Gasteiger partial charge on any atom is 0.206 e. The summed E-state index contributed by atoms with van der Waals surface area (Å²) in [6.45, 7) is 0. The minimum absolute atomic E-state index is 0.221. The summed E-state index contributed by atoms with van der Waals surface area (Å²) in [4.78, 5) is 21.9. The summed E-state index contributed by atoms with van der Waals surface area (Å²) < 4.78 is 14.7. The van der Waals surface area contributed by atoms with Crippen LogP contribution in [0, 0.1) is 0 Å². The van der Waals surface area contributed by atoms with E-state index >= 15 is 0 Å². The average Bonchev–Trinajstić information content (AvgIpc) is 2.84. The smallest absolute Gasteiger partial charge is 0.206 e. The molecule has 0 saturated carbocycles. The van der Waals surface area contributed by atoms with Crippen LogP contribution in [0.1, 0.15) is 15.9 Å². The van der Waals surface area contributed by atoms with Gasteiger partial charge in [0.2, 0.25) is 7.14 Å². The van der Waals surface area contributed by atoms with Crippen molar-refractivity contribution in [3.63, 3.8) is 0 Å². The largest absolute Gasteiger partial charge is 0.305 e. The highest BCUT2D eigenvalue weighted by atomic mass is 31.2. The van der Waals surface area contributed by atoms with Crippen molar-refractivity contribution in [2.45, 2.75) is 0 Å². The van der Waals surface area contributed by atoms with Crippen LogP contribution < -0.4 is 10.9 Å². The number of benzene rings is 2. The molecule has 4 nitrogen and oxygen atoms in total. The lowest BCUT2D eigenvalue weighted by molar-refractivity contribution is 0.104. The van der Waals surface area contributed by atoms with E-state index in [-0.39, 0.29) is 5.78 Å². The van der Waals surface area contributed by atoms with E-state index in [1.807, 2.05) is 36.4 Å². The summed E-state index contributed by atoms with van der Waals surface area (Å²) in [5.41, 5.74) is 2.00. The van der Waals surface area contributed by atoms with Gasteiger partial charge in [0.05, 0.1) is 0 Å². The zero-order valence-electron chi connectivity index (χ0n) is 16.1. The first-order chi connectivity index (χ1) is 14.7. The number of pyridine rings is 2. The lowest BCUT2D eigenvalue weighted by Crippen LogP contribution is -2.22. The normalized spacial score (nSPS) is 11.8. The van der Waals surface area contributed by atoms with Crippen molar-refractivity contribution >= 4 is 29.1 Å². The Morgan fingerprint density at radius 1 is 0.633 bits per heavy atom. The second-order valence-corrected chi connectivity index (χ2v) is 9.23. The van der Waals surface area contributed by atoms with Crippen molar-refractivity contribution in [3.05, 3.63) is 127 Å². The van der Waals surface area contributed by atoms with Gasteiger partial charge in [0.15, 0.2) is 5.78 Å². The molecule has 0 fully saturated rings.